The Kier molecular flexibility index (Phi) is 5.22. The van der Waals surface area contributed by atoms with Gasteiger partial charge in [-0.15, -0.1) is 0 Å². The van der Waals surface area contributed by atoms with Crippen LogP contribution in [0.3, 0.4) is 0 Å². The van der Waals surface area contributed by atoms with Gasteiger partial charge in [0, 0.05) is 12.6 Å². The lowest BCUT2D eigenvalue weighted by Crippen LogP contribution is -2.24. The number of benzene rings is 3. The molecule has 0 aliphatic heterocycles. The van der Waals surface area contributed by atoms with Crippen molar-refractivity contribution >= 4 is 11.0 Å². The number of fused-ring (bicyclic) bond motifs is 1. The summed E-state index contributed by atoms with van der Waals surface area (Å²) in [6.45, 7) is 2.72. The predicted molar refractivity (Wildman–Crippen MR) is 110 cm³/mol. The summed E-state index contributed by atoms with van der Waals surface area (Å²) in [6, 6.07) is 29.5. The molecule has 0 saturated carbocycles. The summed E-state index contributed by atoms with van der Waals surface area (Å²) in [6.07, 6.45) is 0.935. The van der Waals surface area contributed by atoms with Gasteiger partial charge in [0.15, 0.2) is 0 Å². The molecule has 3 nitrogen and oxygen atoms in total. The Bertz CT molecular complexity index is 1010. The fourth-order valence-corrected chi connectivity index (χ4v) is 3.36. The summed E-state index contributed by atoms with van der Waals surface area (Å²) >= 11 is 0. The number of para-hydroxylation sites is 2. The molecule has 0 aliphatic carbocycles. The third-order valence-corrected chi connectivity index (χ3v) is 4.84. The second-order valence-electron chi connectivity index (χ2n) is 6.78. The summed E-state index contributed by atoms with van der Waals surface area (Å²) in [5, 5.41) is 3.70. The molecule has 0 saturated heterocycles. The quantitative estimate of drug-likeness (QED) is 0.529. The minimum atomic E-state index is 0.223. The fourth-order valence-electron chi connectivity index (χ4n) is 3.36. The van der Waals surface area contributed by atoms with E-state index in [9.17, 15) is 0 Å². The van der Waals surface area contributed by atoms with Gasteiger partial charge in [-0.25, -0.2) is 9.97 Å². The first-order valence-electron chi connectivity index (χ1n) is 9.34. The van der Waals surface area contributed by atoms with Gasteiger partial charge in [0.05, 0.1) is 22.4 Å². The van der Waals surface area contributed by atoms with Crippen LogP contribution >= 0.6 is 0 Å². The monoisotopic (exact) mass is 353 g/mol. The zero-order valence-electron chi connectivity index (χ0n) is 15.5. The Hall–Kier alpha value is -3.04. The molecule has 4 aromatic rings. The highest BCUT2D eigenvalue weighted by Gasteiger charge is 2.13. The third-order valence-electron chi connectivity index (χ3n) is 4.84. The molecule has 134 valence electrons. The Labute approximate surface area is 160 Å². The Balaban J connectivity index is 1.57. The lowest BCUT2D eigenvalue weighted by atomic mass is 9.98. The van der Waals surface area contributed by atoms with E-state index in [0.717, 1.165) is 28.8 Å². The molecule has 0 bridgehead atoms. The second kappa shape index (κ2) is 8.11. The molecule has 0 fully saturated rings. The average Bonchev–Trinajstić information content (AvgIpc) is 2.72. The van der Waals surface area contributed by atoms with E-state index in [2.05, 4.69) is 66.0 Å². The normalized spacial score (nSPS) is 12.2. The Morgan fingerprint density at radius 2 is 1.33 bits per heavy atom. The average molecular weight is 353 g/mol. The van der Waals surface area contributed by atoms with E-state index in [-0.39, 0.29) is 6.04 Å². The van der Waals surface area contributed by atoms with Crippen LogP contribution in [0.15, 0.2) is 84.9 Å². The highest BCUT2D eigenvalue weighted by Crippen LogP contribution is 2.20. The number of nitrogens with one attached hydrogen (secondary N) is 1. The number of rotatable bonds is 6. The van der Waals surface area contributed by atoms with Crippen molar-refractivity contribution in [1.82, 2.24) is 15.3 Å². The minimum absolute atomic E-state index is 0.223. The summed E-state index contributed by atoms with van der Waals surface area (Å²) in [5.74, 6) is 0. The van der Waals surface area contributed by atoms with Crippen molar-refractivity contribution in [2.75, 3.05) is 0 Å². The van der Waals surface area contributed by atoms with E-state index in [1.54, 1.807) is 0 Å². The number of hydrogen-bond acceptors (Lipinski definition) is 3. The number of aryl methyl sites for hydroxylation is 1. The molecule has 1 aromatic heterocycles. The number of hydrogen-bond donors (Lipinski definition) is 1. The molecule has 1 heterocycles. The molecule has 0 radical (unpaired) electrons. The highest BCUT2D eigenvalue weighted by atomic mass is 14.9. The van der Waals surface area contributed by atoms with Crippen molar-refractivity contribution in [1.29, 1.82) is 0 Å². The molecule has 3 aromatic carbocycles. The fraction of sp³-hybridized carbons (Fsp3) is 0.167. The van der Waals surface area contributed by atoms with Gasteiger partial charge in [-0.3, -0.25) is 0 Å². The van der Waals surface area contributed by atoms with Gasteiger partial charge in [-0.05, 0) is 36.6 Å². The van der Waals surface area contributed by atoms with Gasteiger partial charge < -0.3 is 5.32 Å². The van der Waals surface area contributed by atoms with Crippen LogP contribution in [-0.4, -0.2) is 9.97 Å². The first-order chi connectivity index (χ1) is 13.3. The van der Waals surface area contributed by atoms with Crippen LogP contribution < -0.4 is 5.32 Å². The third kappa shape index (κ3) is 4.21. The standard InChI is InChI=1S/C24H23N3/c1-18-24(27-22-15-9-8-14-21(22)26-18)17-25-23(20-12-6-3-7-13-20)16-19-10-4-2-5-11-19/h2-15,23,25H,16-17H2,1H3. The topological polar surface area (TPSA) is 37.8 Å². The van der Waals surface area contributed by atoms with E-state index >= 15 is 0 Å². The second-order valence-corrected chi connectivity index (χ2v) is 6.78. The maximum Gasteiger partial charge on any atom is 0.0890 e. The summed E-state index contributed by atoms with van der Waals surface area (Å²) in [5.41, 5.74) is 6.48. The van der Waals surface area contributed by atoms with Crippen LogP contribution in [0.1, 0.15) is 28.6 Å². The molecule has 1 atom stereocenters. The first kappa shape index (κ1) is 17.4. The van der Waals surface area contributed by atoms with Crippen molar-refractivity contribution in [3.05, 3.63) is 107 Å². The van der Waals surface area contributed by atoms with Gasteiger partial charge in [-0.1, -0.05) is 72.8 Å². The van der Waals surface area contributed by atoms with Gasteiger partial charge in [0.25, 0.3) is 0 Å². The summed E-state index contributed by atoms with van der Waals surface area (Å²) in [4.78, 5) is 9.53. The van der Waals surface area contributed by atoms with Crippen molar-refractivity contribution in [3.63, 3.8) is 0 Å². The number of nitrogens with zero attached hydrogens (tertiary/aromatic N) is 2. The van der Waals surface area contributed by atoms with Crippen molar-refractivity contribution in [2.24, 2.45) is 0 Å². The van der Waals surface area contributed by atoms with E-state index in [1.165, 1.54) is 11.1 Å². The molecule has 4 rings (SSSR count). The summed E-state index contributed by atoms with van der Waals surface area (Å²) in [7, 11) is 0. The van der Waals surface area contributed by atoms with Gasteiger partial charge in [0.2, 0.25) is 0 Å². The molecule has 1 unspecified atom stereocenters. The van der Waals surface area contributed by atoms with Gasteiger partial charge in [-0.2, -0.15) is 0 Å². The number of aromatic nitrogens is 2. The largest absolute Gasteiger partial charge is 0.304 e. The van der Waals surface area contributed by atoms with E-state index in [1.807, 2.05) is 31.2 Å². The van der Waals surface area contributed by atoms with Crippen LogP contribution in [0.4, 0.5) is 0 Å². The smallest absolute Gasteiger partial charge is 0.0890 e. The zero-order valence-corrected chi connectivity index (χ0v) is 15.5. The zero-order chi connectivity index (χ0) is 18.5. The van der Waals surface area contributed by atoms with Crippen molar-refractivity contribution in [2.45, 2.75) is 25.9 Å². The van der Waals surface area contributed by atoms with Crippen molar-refractivity contribution in [3.8, 4) is 0 Å². The van der Waals surface area contributed by atoms with E-state index < -0.39 is 0 Å². The molecule has 0 aliphatic rings. The van der Waals surface area contributed by atoms with Crippen molar-refractivity contribution < 1.29 is 0 Å². The lowest BCUT2D eigenvalue weighted by Gasteiger charge is -2.20. The van der Waals surface area contributed by atoms with E-state index in [4.69, 9.17) is 9.97 Å². The van der Waals surface area contributed by atoms with Crippen LogP contribution in [0.5, 0.6) is 0 Å². The first-order valence-corrected chi connectivity index (χ1v) is 9.34. The van der Waals surface area contributed by atoms with Gasteiger partial charge in [0.1, 0.15) is 0 Å². The molecule has 0 amide bonds. The van der Waals surface area contributed by atoms with Crippen LogP contribution in [0.2, 0.25) is 0 Å². The maximum absolute atomic E-state index is 4.82. The highest BCUT2D eigenvalue weighted by molar-refractivity contribution is 5.74. The molecular formula is C24H23N3. The van der Waals surface area contributed by atoms with Crippen LogP contribution in [0.25, 0.3) is 11.0 Å². The summed E-state index contributed by atoms with van der Waals surface area (Å²) < 4.78 is 0. The predicted octanol–water partition coefficient (Wildman–Crippen LogP) is 5.01. The Morgan fingerprint density at radius 3 is 2.04 bits per heavy atom. The molecule has 3 heteroatoms. The Morgan fingerprint density at radius 1 is 0.741 bits per heavy atom. The maximum atomic E-state index is 4.82. The van der Waals surface area contributed by atoms with E-state index in [0.29, 0.717) is 6.54 Å². The molecule has 27 heavy (non-hydrogen) atoms. The minimum Gasteiger partial charge on any atom is -0.304 e. The molecule has 1 N–H and O–H groups in total. The molecule has 0 spiro atoms. The van der Waals surface area contributed by atoms with Crippen LogP contribution in [-0.2, 0) is 13.0 Å². The lowest BCUT2D eigenvalue weighted by molar-refractivity contribution is 0.524. The van der Waals surface area contributed by atoms with Crippen LogP contribution in [0, 0.1) is 6.92 Å². The SMILES string of the molecule is Cc1nc2ccccc2nc1CNC(Cc1ccccc1)c1ccccc1. The van der Waals surface area contributed by atoms with Gasteiger partial charge >= 0.3 is 0 Å². The molecular weight excluding hydrogens is 330 g/mol.